The van der Waals surface area contributed by atoms with E-state index < -0.39 is 11.6 Å². The molecule has 0 amide bonds. The fourth-order valence-electron chi connectivity index (χ4n) is 3.11. The normalized spacial score (nSPS) is 25.0. The molecular weight excluding hydrogens is 234 g/mol. The highest BCUT2D eigenvalue weighted by Gasteiger charge is 2.29. The van der Waals surface area contributed by atoms with Gasteiger partial charge >= 0.3 is 0 Å². The summed E-state index contributed by atoms with van der Waals surface area (Å²) in [5, 5.41) is 0. The van der Waals surface area contributed by atoms with Crippen LogP contribution >= 0.6 is 0 Å². The van der Waals surface area contributed by atoms with Crippen LogP contribution in [-0.2, 0) is 0 Å². The quantitative estimate of drug-likeness (QED) is 0.758. The molecular formula is C14H18F2N2. The first-order chi connectivity index (χ1) is 8.74. The average molecular weight is 252 g/mol. The molecule has 0 saturated carbocycles. The molecule has 2 heterocycles. The van der Waals surface area contributed by atoms with Gasteiger partial charge in [0.1, 0.15) is 11.6 Å². The molecule has 2 aliphatic heterocycles. The van der Waals surface area contributed by atoms with Gasteiger partial charge in [0.05, 0.1) is 5.69 Å². The third kappa shape index (κ3) is 2.21. The van der Waals surface area contributed by atoms with Crippen molar-refractivity contribution in [2.75, 3.05) is 31.1 Å². The maximum atomic E-state index is 13.8. The van der Waals surface area contributed by atoms with Crippen molar-refractivity contribution in [3.63, 3.8) is 0 Å². The fourth-order valence-corrected chi connectivity index (χ4v) is 3.11. The SMILES string of the molecule is Fc1ccc(N2CCN3CCCCC3C2)c(F)c1. The van der Waals surface area contributed by atoms with Crippen molar-refractivity contribution >= 4 is 5.69 Å². The predicted molar refractivity (Wildman–Crippen MR) is 67.8 cm³/mol. The van der Waals surface area contributed by atoms with Crippen LogP contribution < -0.4 is 4.90 Å². The second-order valence-electron chi connectivity index (χ2n) is 5.23. The Hall–Kier alpha value is -1.16. The van der Waals surface area contributed by atoms with E-state index in [9.17, 15) is 8.78 Å². The van der Waals surface area contributed by atoms with Gasteiger partial charge in [-0.05, 0) is 31.5 Å². The van der Waals surface area contributed by atoms with Crippen LogP contribution in [0, 0.1) is 11.6 Å². The molecule has 2 aliphatic rings. The Bertz CT molecular complexity index is 436. The molecule has 98 valence electrons. The number of fused-ring (bicyclic) bond motifs is 1. The Balaban J connectivity index is 1.77. The van der Waals surface area contributed by atoms with Gasteiger partial charge in [-0.1, -0.05) is 6.42 Å². The predicted octanol–water partition coefficient (Wildman–Crippen LogP) is 2.64. The minimum Gasteiger partial charge on any atom is -0.366 e. The van der Waals surface area contributed by atoms with Gasteiger partial charge in [-0.3, -0.25) is 4.90 Å². The summed E-state index contributed by atoms with van der Waals surface area (Å²) in [5.74, 6) is -0.952. The van der Waals surface area contributed by atoms with Crippen molar-refractivity contribution in [3.8, 4) is 0 Å². The summed E-state index contributed by atoms with van der Waals surface area (Å²) in [6, 6.07) is 4.41. The fraction of sp³-hybridized carbons (Fsp3) is 0.571. The van der Waals surface area contributed by atoms with Gasteiger partial charge < -0.3 is 4.90 Å². The second-order valence-corrected chi connectivity index (χ2v) is 5.23. The molecule has 2 nitrogen and oxygen atoms in total. The third-order valence-corrected chi connectivity index (χ3v) is 4.09. The van der Waals surface area contributed by atoms with Crippen LogP contribution in [0.1, 0.15) is 19.3 Å². The monoisotopic (exact) mass is 252 g/mol. The summed E-state index contributed by atoms with van der Waals surface area (Å²) in [6.45, 7) is 3.85. The van der Waals surface area contributed by atoms with Crippen LogP contribution in [-0.4, -0.2) is 37.1 Å². The van der Waals surface area contributed by atoms with E-state index in [1.807, 2.05) is 0 Å². The van der Waals surface area contributed by atoms with Gasteiger partial charge in [-0.2, -0.15) is 0 Å². The lowest BCUT2D eigenvalue weighted by molar-refractivity contribution is 0.133. The van der Waals surface area contributed by atoms with Gasteiger partial charge in [-0.15, -0.1) is 0 Å². The van der Waals surface area contributed by atoms with Crippen LogP contribution in [0.3, 0.4) is 0 Å². The van der Waals surface area contributed by atoms with Crippen molar-refractivity contribution in [1.82, 2.24) is 4.90 Å². The van der Waals surface area contributed by atoms with E-state index >= 15 is 0 Å². The first-order valence-corrected chi connectivity index (χ1v) is 6.68. The van der Waals surface area contributed by atoms with E-state index in [1.165, 1.54) is 31.9 Å². The Morgan fingerprint density at radius 1 is 1.06 bits per heavy atom. The molecule has 3 rings (SSSR count). The zero-order valence-corrected chi connectivity index (χ0v) is 10.4. The first kappa shape index (κ1) is 11.9. The summed E-state index contributed by atoms with van der Waals surface area (Å²) in [7, 11) is 0. The summed E-state index contributed by atoms with van der Waals surface area (Å²) in [6.07, 6.45) is 3.74. The molecule has 4 heteroatoms. The molecule has 1 unspecified atom stereocenters. The number of rotatable bonds is 1. The topological polar surface area (TPSA) is 6.48 Å². The molecule has 0 bridgehead atoms. The average Bonchev–Trinajstić information content (AvgIpc) is 2.38. The maximum absolute atomic E-state index is 13.8. The molecule has 0 aliphatic carbocycles. The van der Waals surface area contributed by atoms with Crippen LogP contribution in [0.2, 0.25) is 0 Å². The number of nitrogens with zero attached hydrogens (tertiary/aromatic N) is 2. The number of piperazine rings is 1. The highest BCUT2D eigenvalue weighted by atomic mass is 19.1. The smallest absolute Gasteiger partial charge is 0.149 e. The van der Waals surface area contributed by atoms with Crippen molar-refractivity contribution in [2.24, 2.45) is 0 Å². The summed E-state index contributed by atoms with van der Waals surface area (Å²) in [5.41, 5.74) is 0.543. The summed E-state index contributed by atoms with van der Waals surface area (Å²) in [4.78, 5) is 4.56. The minimum absolute atomic E-state index is 0.445. The summed E-state index contributed by atoms with van der Waals surface area (Å²) >= 11 is 0. The molecule has 1 aromatic rings. The Labute approximate surface area is 106 Å². The van der Waals surface area contributed by atoms with Crippen LogP contribution in [0.15, 0.2) is 18.2 Å². The highest BCUT2D eigenvalue weighted by molar-refractivity contribution is 5.48. The highest BCUT2D eigenvalue weighted by Crippen LogP contribution is 2.26. The molecule has 0 aromatic heterocycles. The number of halogens is 2. The van der Waals surface area contributed by atoms with E-state index in [4.69, 9.17) is 0 Å². The van der Waals surface area contributed by atoms with Gasteiger partial charge in [0.25, 0.3) is 0 Å². The number of hydrogen-bond donors (Lipinski definition) is 0. The lowest BCUT2D eigenvalue weighted by Gasteiger charge is -2.44. The van der Waals surface area contributed by atoms with Gasteiger partial charge in [-0.25, -0.2) is 8.78 Å². The second kappa shape index (κ2) is 4.84. The number of anilines is 1. The van der Waals surface area contributed by atoms with E-state index in [0.29, 0.717) is 11.7 Å². The molecule has 2 fully saturated rings. The number of hydrogen-bond acceptors (Lipinski definition) is 2. The lowest BCUT2D eigenvalue weighted by atomic mass is 9.99. The van der Waals surface area contributed by atoms with Crippen molar-refractivity contribution in [1.29, 1.82) is 0 Å². The number of benzene rings is 1. The Morgan fingerprint density at radius 2 is 1.94 bits per heavy atom. The van der Waals surface area contributed by atoms with Gasteiger partial charge in [0, 0.05) is 31.7 Å². The first-order valence-electron chi connectivity index (χ1n) is 6.68. The maximum Gasteiger partial charge on any atom is 0.149 e. The third-order valence-electron chi connectivity index (χ3n) is 4.09. The molecule has 1 aromatic carbocycles. The zero-order chi connectivity index (χ0) is 12.5. The molecule has 0 spiro atoms. The van der Waals surface area contributed by atoms with Crippen molar-refractivity contribution in [2.45, 2.75) is 25.3 Å². The van der Waals surface area contributed by atoms with Crippen LogP contribution in [0.25, 0.3) is 0 Å². The van der Waals surface area contributed by atoms with E-state index in [0.717, 1.165) is 25.7 Å². The minimum atomic E-state index is -0.507. The number of piperidine rings is 1. The van der Waals surface area contributed by atoms with Crippen LogP contribution in [0.4, 0.5) is 14.5 Å². The Morgan fingerprint density at radius 3 is 2.78 bits per heavy atom. The summed E-state index contributed by atoms with van der Waals surface area (Å²) < 4.78 is 26.7. The molecule has 1 atom stereocenters. The van der Waals surface area contributed by atoms with Gasteiger partial charge in [0.2, 0.25) is 0 Å². The van der Waals surface area contributed by atoms with Crippen LogP contribution in [0.5, 0.6) is 0 Å². The molecule has 0 radical (unpaired) electrons. The zero-order valence-electron chi connectivity index (χ0n) is 10.4. The van der Waals surface area contributed by atoms with Crippen molar-refractivity contribution in [3.05, 3.63) is 29.8 Å². The standard InChI is InChI=1S/C14H18F2N2/c15-11-4-5-14(13(16)9-11)18-8-7-17-6-2-1-3-12(17)10-18/h4-5,9,12H,1-3,6-8,10H2. The van der Waals surface area contributed by atoms with E-state index in [-0.39, 0.29) is 0 Å². The Kier molecular flexibility index (Phi) is 3.20. The van der Waals surface area contributed by atoms with Gasteiger partial charge in [0.15, 0.2) is 0 Å². The lowest BCUT2D eigenvalue weighted by Crippen LogP contribution is -2.55. The molecule has 18 heavy (non-hydrogen) atoms. The molecule has 2 saturated heterocycles. The molecule has 0 N–H and O–H groups in total. The van der Waals surface area contributed by atoms with E-state index in [2.05, 4.69) is 9.80 Å². The largest absolute Gasteiger partial charge is 0.366 e. The van der Waals surface area contributed by atoms with Crippen molar-refractivity contribution < 1.29 is 8.78 Å². The van der Waals surface area contributed by atoms with E-state index in [1.54, 1.807) is 6.07 Å².